The standard InChI is InChI=1S/C14H10N2O2S/c15-13(17)9-4-3-5-10(8-9)16-14(18)11-6-1-2-7-12(11)19-16/h1-8H,(H2,15,17). The van der Waals surface area contributed by atoms with E-state index in [1.165, 1.54) is 11.5 Å². The van der Waals surface area contributed by atoms with Crippen LogP contribution in [0.4, 0.5) is 0 Å². The van der Waals surface area contributed by atoms with Gasteiger partial charge in [-0.2, -0.15) is 0 Å². The zero-order valence-corrected chi connectivity index (χ0v) is 10.7. The first kappa shape index (κ1) is 11.7. The summed E-state index contributed by atoms with van der Waals surface area (Å²) in [5.74, 6) is -0.504. The van der Waals surface area contributed by atoms with Crippen molar-refractivity contribution in [2.75, 3.05) is 0 Å². The van der Waals surface area contributed by atoms with Crippen molar-refractivity contribution in [1.82, 2.24) is 3.96 Å². The van der Waals surface area contributed by atoms with Gasteiger partial charge in [-0.3, -0.25) is 9.59 Å². The minimum Gasteiger partial charge on any atom is -0.366 e. The molecule has 0 spiro atoms. The Hall–Kier alpha value is -2.40. The smallest absolute Gasteiger partial charge is 0.273 e. The van der Waals surface area contributed by atoms with Crippen molar-refractivity contribution in [2.24, 2.45) is 5.73 Å². The van der Waals surface area contributed by atoms with E-state index in [4.69, 9.17) is 5.73 Å². The third-order valence-electron chi connectivity index (χ3n) is 2.86. The van der Waals surface area contributed by atoms with E-state index in [0.29, 0.717) is 16.6 Å². The van der Waals surface area contributed by atoms with Gasteiger partial charge in [0.25, 0.3) is 5.56 Å². The molecule has 0 aliphatic rings. The highest BCUT2D eigenvalue weighted by molar-refractivity contribution is 7.14. The lowest BCUT2D eigenvalue weighted by Crippen LogP contribution is -2.14. The van der Waals surface area contributed by atoms with E-state index in [1.807, 2.05) is 18.2 Å². The molecule has 19 heavy (non-hydrogen) atoms. The summed E-state index contributed by atoms with van der Waals surface area (Å²) in [7, 11) is 0. The van der Waals surface area contributed by atoms with Crippen molar-refractivity contribution >= 4 is 27.5 Å². The molecule has 0 unspecified atom stereocenters. The number of aromatic nitrogens is 1. The average molecular weight is 270 g/mol. The molecule has 2 N–H and O–H groups in total. The molecule has 0 aliphatic heterocycles. The van der Waals surface area contributed by atoms with Crippen LogP contribution in [0.25, 0.3) is 15.8 Å². The normalized spacial score (nSPS) is 10.7. The second kappa shape index (κ2) is 4.37. The summed E-state index contributed by atoms with van der Waals surface area (Å²) >= 11 is 1.35. The van der Waals surface area contributed by atoms with Crippen molar-refractivity contribution in [3.8, 4) is 5.69 Å². The molecule has 0 aliphatic carbocycles. The van der Waals surface area contributed by atoms with Crippen molar-refractivity contribution in [3.63, 3.8) is 0 Å². The fourth-order valence-electron chi connectivity index (χ4n) is 1.93. The molecule has 0 radical (unpaired) electrons. The number of benzene rings is 2. The Morgan fingerprint density at radius 1 is 1.11 bits per heavy atom. The predicted octanol–water partition coefficient (Wildman–Crippen LogP) is 2.15. The van der Waals surface area contributed by atoms with Gasteiger partial charge in [0.15, 0.2) is 0 Å². The van der Waals surface area contributed by atoms with E-state index in [2.05, 4.69) is 0 Å². The number of fused-ring (bicyclic) bond motifs is 1. The lowest BCUT2D eigenvalue weighted by atomic mass is 10.2. The maximum absolute atomic E-state index is 12.3. The number of carbonyl (C=O) groups excluding carboxylic acids is 1. The fourth-order valence-corrected chi connectivity index (χ4v) is 2.92. The molecule has 0 saturated carbocycles. The van der Waals surface area contributed by atoms with Crippen LogP contribution in [0.1, 0.15) is 10.4 Å². The molecular weight excluding hydrogens is 260 g/mol. The van der Waals surface area contributed by atoms with Crippen molar-refractivity contribution in [1.29, 1.82) is 0 Å². The van der Waals surface area contributed by atoms with Gasteiger partial charge in [-0.25, -0.2) is 3.96 Å². The number of primary amides is 1. The van der Waals surface area contributed by atoms with Crippen LogP contribution in [-0.2, 0) is 0 Å². The minimum atomic E-state index is -0.504. The van der Waals surface area contributed by atoms with Crippen molar-refractivity contribution < 1.29 is 4.79 Å². The first-order valence-corrected chi connectivity index (χ1v) is 6.45. The van der Waals surface area contributed by atoms with Gasteiger partial charge in [-0.1, -0.05) is 29.7 Å². The van der Waals surface area contributed by atoms with Crippen LogP contribution in [0, 0.1) is 0 Å². The van der Waals surface area contributed by atoms with Crippen LogP contribution in [-0.4, -0.2) is 9.86 Å². The van der Waals surface area contributed by atoms with Crippen molar-refractivity contribution in [2.45, 2.75) is 0 Å². The Labute approximate surface area is 112 Å². The number of nitrogens with zero attached hydrogens (tertiary/aromatic N) is 1. The average Bonchev–Trinajstić information content (AvgIpc) is 2.77. The maximum Gasteiger partial charge on any atom is 0.273 e. The van der Waals surface area contributed by atoms with Crippen molar-refractivity contribution in [3.05, 3.63) is 64.4 Å². The van der Waals surface area contributed by atoms with Gasteiger partial charge in [0.05, 0.1) is 15.8 Å². The van der Waals surface area contributed by atoms with Gasteiger partial charge < -0.3 is 5.73 Å². The van der Waals surface area contributed by atoms with E-state index in [1.54, 1.807) is 34.3 Å². The highest BCUT2D eigenvalue weighted by Crippen LogP contribution is 2.20. The third kappa shape index (κ3) is 1.94. The van der Waals surface area contributed by atoms with E-state index in [-0.39, 0.29) is 5.56 Å². The molecule has 3 aromatic rings. The van der Waals surface area contributed by atoms with E-state index in [0.717, 1.165) is 4.70 Å². The van der Waals surface area contributed by atoms with Gasteiger partial charge in [0, 0.05) is 5.56 Å². The molecule has 1 aromatic heterocycles. The van der Waals surface area contributed by atoms with Crippen LogP contribution in [0.3, 0.4) is 0 Å². The molecule has 0 bridgehead atoms. The summed E-state index contributed by atoms with van der Waals surface area (Å²) in [4.78, 5) is 23.4. The van der Waals surface area contributed by atoms with Gasteiger partial charge in [0.2, 0.25) is 5.91 Å². The number of carbonyl (C=O) groups is 1. The van der Waals surface area contributed by atoms with E-state index < -0.39 is 5.91 Å². The fraction of sp³-hybridized carbons (Fsp3) is 0. The second-order valence-electron chi connectivity index (χ2n) is 4.10. The van der Waals surface area contributed by atoms with Crippen LogP contribution in [0.2, 0.25) is 0 Å². The number of hydrogen-bond acceptors (Lipinski definition) is 3. The number of nitrogens with two attached hydrogens (primary N) is 1. The molecule has 1 heterocycles. The van der Waals surface area contributed by atoms with Gasteiger partial charge >= 0.3 is 0 Å². The molecule has 2 aromatic carbocycles. The van der Waals surface area contributed by atoms with Gasteiger partial charge in [-0.15, -0.1) is 0 Å². The molecule has 0 fully saturated rings. The van der Waals surface area contributed by atoms with Crippen LogP contribution < -0.4 is 11.3 Å². The number of hydrogen-bond donors (Lipinski definition) is 1. The molecule has 0 saturated heterocycles. The lowest BCUT2D eigenvalue weighted by Gasteiger charge is -2.01. The van der Waals surface area contributed by atoms with Gasteiger partial charge in [-0.05, 0) is 30.3 Å². The van der Waals surface area contributed by atoms with Crippen LogP contribution in [0.5, 0.6) is 0 Å². The first-order valence-electron chi connectivity index (χ1n) is 5.68. The van der Waals surface area contributed by atoms with Gasteiger partial charge in [0.1, 0.15) is 0 Å². The zero-order valence-electron chi connectivity index (χ0n) is 9.87. The highest BCUT2D eigenvalue weighted by atomic mass is 32.1. The number of amides is 1. The largest absolute Gasteiger partial charge is 0.366 e. The first-order chi connectivity index (χ1) is 9.16. The summed E-state index contributed by atoms with van der Waals surface area (Å²) in [6, 6.07) is 14.2. The molecule has 94 valence electrons. The Morgan fingerprint density at radius 2 is 1.89 bits per heavy atom. The monoisotopic (exact) mass is 270 g/mol. The van der Waals surface area contributed by atoms with Crippen LogP contribution in [0.15, 0.2) is 53.3 Å². The summed E-state index contributed by atoms with van der Waals surface area (Å²) in [5.41, 5.74) is 6.22. The molecule has 3 rings (SSSR count). The third-order valence-corrected chi connectivity index (χ3v) is 3.97. The Balaban J connectivity index is 2.25. The van der Waals surface area contributed by atoms with E-state index in [9.17, 15) is 9.59 Å². The second-order valence-corrected chi connectivity index (χ2v) is 5.09. The SMILES string of the molecule is NC(=O)c1cccc(-n2sc3ccccc3c2=O)c1. The summed E-state index contributed by atoms with van der Waals surface area (Å²) in [6.07, 6.45) is 0. The van der Waals surface area contributed by atoms with E-state index >= 15 is 0 Å². The summed E-state index contributed by atoms with van der Waals surface area (Å²) in [6.45, 7) is 0. The minimum absolute atomic E-state index is 0.0813. The maximum atomic E-state index is 12.3. The quantitative estimate of drug-likeness (QED) is 0.775. The predicted molar refractivity (Wildman–Crippen MR) is 75.9 cm³/mol. The number of rotatable bonds is 2. The lowest BCUT2D eigenvalue weighted by molar-refractivity contribution is 0.100. The zero-order chi connectivity index (χ0) is 13.4. The molecule has 0 atom stereocenters. The van der Waals surface area contributed by atoms with Crippen LogP contribution >= 0.6 is 11.5 Å². The highest BCUT2D eigenvalue weighted by Gasteiger charge is 2.09. The Kier molecular flexibility index (Phi) is 2.68. The molecular formula is C14H10N2O2S. The molecule has 5 heteroatoms. The summed E-state index contributed by atoms with van der Waals surface area (Å²) in [5, 5.41) is 0.678. The molecule has 4 nitrogen and oxygen atoms in total. The summed E-state index contributed by atoms with van der Waals surface area (Å²) < 4.78 is 2.48. The Bertz CT molecular complexity index is 833. The topological polar surface area (TPSA) is 65.1 Å². The Morgan fingerprint density at radius 3 is 2.63 bits per heavy atom. The molecule has 1 amide bonds.